The van der Waals surface area contributed by atoms with Crippen molar-refractivity contribution in [3.05, 3.63) is 79.8 Å². The van der Waals surface area contributed by atoms with Crippen LogP contribution in [0.1, 0.15) is 37.8 Å². The maximum Gasteiger partial charge on any atom is 0.343 e. The minimum Gasteiger partial charge on any atom is -0.422 e. The molecule has 2 aromatic carbocycles. The zero-order valence-corrected chi connectivity index (χ0v) is 19.1. The van der Waals surface area contributed by atoms with Crippen LogP contribution in [0.3, 0.4) is 0 Å². The van der Waals surface area contributed by atoms with Crippen LogP contribution in [-0.2, 0) is 15.0 Å². The number of ketones is 1. The highest BCUT2D eigenvalue weighted by Crippen LogP contribution is 2.57. The first-order valence-electron chi connectivity index (χ1n) is 10.4. The van der Waals surface area contributed by atoms with Gasteiger partial charge in [0.15, 0.2) is 5.78 Å². The molecule has 0 saturated heterocycles. The van der Waals surface area contributed by atoms with E-state index in [0.29, 0.717) is 52.0 Å². The summed E-state index contributed by atoms with van der Waals surface area (Å²) in [4.78, 5) is 40.9. The zero-order valence-electron chi connectivity index (χ0n) is 17.5. The number of rotatable bonds is 0. The molecule has 3 heterocycles. The Morgan fingerprint density at radius 2 is 1.78 bits per heavy atom. The Morgan fingerprint density at radius 3 is 2.59 bits per heavy atom. The van der Waals surface area contributed by atoms with Crippen molar-refractivity contribution in [1.82, 2.24) is 0 Å². The van der Waals surface area contributed by atoms with Crippen molar-refractivity contribution in [2.45, 2.75) is 32.1 Å². The number of hydrogen-bond acceptors (Lipinski definition) is 5. The predicted molar refractivity (Wildman–Crippen MR) is 125 cm³/mol. The molecular formula is C25H19BrN2O4. The number of allylic oxidation sites excluding steroid dienone is 1. The summed E-state index contributed by atoms with van der Waals surface area (Å²) in [6, 6.07) is 12.7. The van der Waals surface area contributed by atoms with Crippen molar-refractivity contribution >= 4 is 50.0 Å². The van der Waals surface area contributed by atoms with E-state index in [4.69, 9.17) is 4.42 Å². The molecule has 6 rings (SSSR count). The Hall–Kier alpha value is -3.19. The van der Waals surface area contributed by atoms with Crippen molar-refractivity contribution in [3.63, 3.8) is 0 Å². The van der Waals surface area contributed by atoms with Gasteiger partial charge in [-0.1, -0.05) is 41.9 Å². The van der Waals surface area contributed by atoms with Gasteiger partial charge in [-0.15, -0.1) is 0 Å². The number of hydrogen-bond donors (Lipinski definition) is 2. The van der Waals surface area contributed by atoms with Crippen LogP contribution in [0, 0.1) is 5.41 Å². The monoisotopic (exact) mass is 490 g/mol. The van der Waals surface area contributed by atoms with Gasteiger partial charge in [-0.3, -0.25) is 9.59 Å². The minimum absolute atomic E-state index is 0.134. The Bertz CT molecular complexity index is 1480. The fourth-order valence-electron chi connectivity index (χ4n) is 5.53. The summed E-state index contributed by atoms with van der Waals surface area (Å²) < 4.78 is 6.43. The van der Waals surface area contributed by atoms with E-state index in [0.717, 1.165) is 4.47 Å². The number of carbonyl (C=O) groups excluding carboxylic acids is 2. The van der Waals surface area contributed by atoms with Crippen LogP contribution in [0.2, 0.25) is 0 Å². The lowest BCUT2D eigenvalue weighted by Gasteiger charge is -2.43. The van der Waals surface area contributed by atoms with Crippen molar-refractivity contribution in [3.8, 4) is 0 Å². The zero-order chi connectivity index (χ0) is 22.4. The molecular weight excluding hydrogens is 472 g/mol. The van der Waals surface area contributed by atoms with Gasteiger partial charge in [-0.2, -0.15) is 0 Å². The molecule has 0 fully saturated rings. The number of nitrogens with one attached hydrogen (secondary N) is 2. The largest absolute Gasteiger partial charge is 0.422 e. The fourth-order valence-corrected chi connectivity index (χ4v) is 5.89. The van der Waals surface area contributed by atoms with Crippen LogP contribution >= 0.6 is 15.9 Å². The first-order chi connectivity index (χ1) is 15.2. The smallest absolute Gasteiger partial charge is 0.343 e. The van der Waals surface area contributed by atoms with Gasteiger partial charge in [0, 0.05) is 38.8 Å². The highest BCUT2D eigenvalue weighted by molar-refractivity contribution is 9.10. The summed E-state index contributed by atoms with van der Waals surface area (Å²) in [6.07, 6.45) is 0.876. The molecule has 1 aromatic heterocycles. The summed E-state index contributed by atoms with van der Waals surface area (Å²) in [5, 5.41) is 7.01. The molecule has 7 heteroatoms. The summed E-state index contributed by atoms with van der Waals surface area (Å²) in [5.41, 5.74) is 0.876. The Kier molecular flexibility index (Phi) is 3.77. The van der Waals surface area contributed by atoms with Crippen molar-refractivity contribution in [2.24, 2.45) is 5.41 Å². The van der Waals surface area contributed by atoms with Gasteiger partial charge in [0.1, 0.15) is 11.0 Å². The van der Waals surface area contributed by atoms with Gasteiger partial charge >= 0.3 is 5.63 Å². The number of fused-ring (bicyclic) bond motifs is 7. The third-order valence-electron chi connectivity index (χ3n) is 6.69. The second kappa shape index (κ2) is 6.19. The maximum atomic E-state index is 13.8. The lowest BCUT2D eigenvalue weighted by atomic mass is 9.61. The van der Waals surface area contributed by atoms with Crippen LogP contribution in [0.4, 0.5) is 11.4 Å². The van der Waals surface area contributed by atoms with Crippen LogP contribution < -0.4 is 16.3 Å². The van der Waals surface area contributed by atoms with E-state index < -0.39 is 16.9 Å². The molecule has 3 aliphatic rings. The molecule has 1 atom stereocenters. The number of para-hydroxylation sites is 1. The predicted octanol–water partition coefficient (Wildman–Crippen LogP) is 4.86. The number of halogens is 1. The van der Waals surface area contributed by atoms with E-state index in [1.165, 1.54) is 0 Å². The van der Waals surface area contributed by atoms with E-state index >= 15 is 0 Å². The van der Waals surface area contributed by atoms with Crippen LogP contribution in [0.15, 0.2) is 67.4 Å². The lowest BCUT2D eigenvalue weighted by Crippen LogP contribution is -2.50. The topological polar surface area (TPSA) is 88.4 Å². The molecule has 0 radical (unpaired) electrons. The number of carbonyl (C=O) groups is 2. The van der Waals surface area contributed by atoms with E-state index in [9.17, 15) is 14.4 Å². The van der Waals surface area contributed by atoms with Gasteiger partial charge in [-0.05, 0) is 42.2 Å². The fraction of sp³-hybridized carbons (Fsp3) is 0.240. The van der Waals surface area contributed by atoms with Crippen LogP contribution in [0.25, 0.3) is 11.0 Å². The molecule has 1 amide bonds. The molecule has 6 nitrogen and oxygen atoms in total. The summed E-state index contributed by atoms with van der Waals surface area (Å²) in [6.45, 7) is 4.07. The average molecular weight is 491 g/mol. The molecule has 0 bridgehead atoms. The summed E-state index contributed by atoms with van der Waals surface area (Å²) >= 11 is 3.50. The average Bonchev–Trinajstić information content (AvgIpc) is 2.98. The van der Waals surface area contributed by atoms with Crippen molar-refractivity contribution in [2.75, 3.05) is 10.6 Å². The van der Waals surface area contributed by atoms with Gasteiger partial charge in [0.05, 0.1) is 11.3 Å². The first kappa shape index (κ1) is 19.5. The number of Topliss-reactive ketones (excluding diaryl/α,β-unsaturated/α-hetero) is 1. The highest BCUT2D eigenvalue weighted by atomic mass is 79.9. The standard InChI is InChI=1S/C25H19BrN2O4/c1-24(2)10-16-19(17(29)11-24)25(14-9-12(26)7-8-15(14)28-23(25)31)20-21(27-16)13-5-3-4-6-18(13)32-22(20)30/h3-9,27H,10-11H2,1-2H3,(H,28,31). The lowest BCUT2D eigenvalue weighted by molar-refractivity contribution is -0.123. The van der Waals surface area contributed by atoms with Crippen LogP contribution in [-0.4, -0.2) is 11.7 Å². The van der Waals surface area contributed by atoms with E-state index in [2.05, 4.69) is 26.6 Å². The first-order valence-corrected chi connectivity index (χ1v) is 11.2. The second-order valence-electron chi connectivity index (χ2n) is 9.45. The van der Waals surface area contributed by atoms with Crippen molar-refractivity contribution in [1.29, 1.82) is 0 Å². The molecule has 2 aliphatic heterocycles. The normalized spacial score (nSPS) is 23.0. The van der Waals surface area contributed by atoms with E-state index in [1.807, 2.05) is 38.1 Å². The third-order valence-corrected chi connectivity index (χ3v) is 7.18. The Morgan fingerprint density at radius 1 is 1.00 bits per heavy atom. The molecule has 160 valence electrons. The molecule has 3 aromatic rings. The quantitative estimate of drug-likeness (QED) is 0.439. The van der Waals surface area contributed by atoms with Crippen molar-refractivity contribution < 1.29 is 14.0 Å². The van der Waals surface area contributed by atoms with Gasteiger partial charge in [0.2, 0.25) is 5.91 Å². The molecule has 1 unspecified atom stereocenters. The molecule has 32 heavy (non-hydrogen) atoms. The van der Waals surface area contributed by atoms with Crippen LogP contribution in [0.5, 0.6) is 0 Å². The second-order valence-corrected chi connectivity index (χ2v) is 10.4. The summed E-state index contributed by atoms with van der Waals surface area (Å²) in [5.74, 6) is -0.540. The SMILES string of the molecule is CC1(C)CC(=O)C2=C(C1)Nc1c(c(=O)oc3ccccc13)C21C(=O)Nc2ccc(Br)cc21. The maximum absolute atomic E-state index is 13.8. The molecule has 2 N–H and O–H groups in total. The van der Waals surface area contributed by atoms with E-state index in [-0.39, 0.29) is 16.8 Å². The van der Waals surface area contributed by atoms with Gasteiger partial charge in [0.25, 0.3) is 0 Å². The van der Waals surface area contributed by atoms with Gasteiger partial charge in [-0.25, -0.2) is 4.79 Å². The third kappa shape index (κ3) is 2.37. The molecule has 1 spiro atoms. The molecule has 0 saturated carbocycles. The highest BCUT2D eigenvalue weighted by Gasteiger charge is 2.60. The molecule has 1 aliphatic carbocycles. The van der Waals surface area contributed by atoms with Gasteiger partial charge < -0.3 is 15.1 Å². The number of amides is 1. The van der Waals surface area contributed by atoms with E-state index in [1.54, 1.807) is 18.2 Å². The number of anilines is 2. The Labute approximate surface area is 191 Å². The summed E-state index contributed by atoms with van der Waals surface area (Å²) in [7, 11) is 0. The Balaban J connectivity index is 1.82. The minimum atomic E-state index is -1.56. The number of benzene rings is 2.